The molecule has 0 fully saturated rings. The fourth-order valence-corrected chi connectivity index (χ4v) is 3.26. The molecule has 0 saturated carbocycles. The standard InChI is InChI=1S/C29H31N3O4/c1-4-10-25(31-29(33)22(2)32-36-21-23-11-7-5-6-8-12-23)13-9-18-35-28-16-17-30-26-19-24(28)14-15-27(20-26)34-3/h4-5,7-18,20H,6,19,21H2,1-3H3,(H,31,33)/b10-4-,18-9+,25-13+,32-22+. The maximum absolute atomic E-state index is 12.5. The van der Waals surface area contributed by atoms with E-state index in [9.17, 15) is 4.79 Å². The van der Waals surface area contributed by atoms with E-state index in [1.54, 1.807) is 44.7 Å². The quantitative estimate of drug-likeness (QED) is 0.188. The van der Waals surface area contributed by atoms with Gasteiger partial charge in [0, 0.05) is 35.7 Å². The number of hydrogen-bond donors (Lipinski definition) is 1. The molecule has 1 aliphatic heterocycles. The SMILES string of the molecule is C\C=C/C(=C\C=C\OC1=C2C=CC(OC)=CC(=NC=C1)C2)NC(=O)/C(C)=N/OCC1=CC=CCC=C1. The first kappa shape index (κ1) is 26.2. The molecule has 7 nitrogen and oxygen atoms in total. The maximum atomic E-state index is 12.5. The van der Waals surface area contributed by atoms with Gasteiger partial charge in [0.05, 0.1) is 13.4 Å². The van der Waals surface area contributed by atoms with Gasteiger partial charge in [-0.05, 0) is 56.2 Å². The number of allylic oxidation sites excluding steroid dienone is 13. The summed E-state index contributed by atoms with van der Waals surface area (Å²) >= 11 is 0. The predicted molar refractivity (Wildman–Crippen MR) is 144 cm³/mol. The van der Waals surface area contributed by atoms with Crippen molar-refractivity contribution >= 4 is 17.3 Å². The Labute approximate surface area is 212 Å². The van der Waals surface area contributed by atoms with Crippen molar-refractivity contribution in [1.82, 2.24) is 5.32 Å². The molecule has 0 aromatic carbocycles. The molecule has 1 N–H and O–H groups in total. The third kappa shape index (κ3) is 8.43. The van der Waals surface area contributed by atoms with Crippen LogP contribution in [0.5, 0.6) is 0 Å². The number of amides is 1. The molecule has 0 spiro atoms. The van der Waals surface area contributed by atoms with Crippen molar-refractivity contribution in [3.05, 3.63) is 120 Å². The third-order valence-electron chi connectivity index (χ3n) is 5.11. The van der Waals surface area contributed by atoms with Crippen molar-refractivity contribution in [2.75, 3.05) is 13.7 Å². The van der Waals surface area contributed by atoms with Crippen LogP contribution in [0, 0.1) is 0 Å². The summed E-state index contributed by atoms with van der Waals surface area (Å²) in [6, 6.07) is 0. The van der Waals surface area contributed by atoms with Crippen molar-refractivity contribution in [3.8, 4) is 0 Å². The van der Waals surface area contributed by atoms with E-state index in [0.717, 1.165) is 29.0 Å². The summed E-state index contributed by atoms with van der Waals surface area (Å²) in [5.74, 6) is 1.07. The Balaban J connectivity index is 1.58. The zero-order chi connectivity index (χ0) is 25.6. The molecular weight excluding hydrogens is 454 g/mol. The van der Waals surface area contributed by atoms with Gasteiger partial charge in [0.25, 0.3) is 5.91 Å². The van der Waals surface area contributed by atoms with Crippen LogP contribution in [-0.4, -0.2) is 31.0 Å². The second-order valence-electron chi connectivity index (χ2n) is 7.87. The molecule has 1 heterocycles. The van der Waals surface area contributed by atoms with Gasteiger partial charge < -0.3 is 19.6 Å². The highest BCUT2D eigenvalue weighted by Crippen LogP contribution is 2.22. The fourth-order valence-electron chi connectivity index (χ4n) is 3.26. The van der Waals surface area contributed by atoms with Crippen LogP contribution in [-0.2, 0) is 19.1 Å². The number of rotatable bonds is 10. The number of nitrogens with one attached hydrogen (secondary N) is 1. The summed E-state index contributed by atoms with van der Waals surface area (Å²) < 4.78 is 11.2. The van der Waals surface area contributed by atoms with Gasteiger partial charge in [0.2, 0.25) is 0 Å². The van der Waals surface area contributed by atoms with E-state index in [4.69, 9.17) is 14.3 Å². The number of oxime groups is 1. The summed E-state index contributed by atoms with van der Waals surface area (Å²) in [5, 5.41) is 6.77. The minimum absolute atomic E-state index is 0.218. The highest BCUT2D eigenvalue weighted by molar-refractivity contribution is 6.38. The number of fused-ring (bicyclic) bond motifs is 2. The number of carbonyl (C=O) groups is 1. The second-order valence-corrected chi connectivity index (χ2v) is 7.87. The Hall–Kier alpha value is -4.39. The van der Waals surface area contributed by atoms with Crippen LogP contribution in [0.2, 0.25) is 0 Å². The molecule has 3 rings (SSSR count). The van der Waals surface area contributed by atoms with Crippen molar-refractivity contribution in [2.24, 2.45) is 10.1 Å². The van der Waals surface area contributed by atoms with E-state index < -0.39 is 0 Å². The Bertz CT molecular complexity index is 1200. The van der Waals surface area contributed by atoms with Crippen molar-refractivity contribution in [2.45, 2.75) is 26.7 Å². The molecule has 0 aromatic rings. The van der Waals surface area contributed by atoms with E-state index in [2.05, 4.69) is 21.5 Å². The number of methoxy groups -OCH3 is 1. The lowest BCUT2D eigenvalue weighted by atomic mass is 10.1. The molecule has 0 aromatic heterocycles. The number of carbonyl (C=O) groups excluding carboxylic acids is 1. The lowest BCUT2D eigenvalue weighted by Crippen LogP contribution is -2.28. The topological polar surface area (TPSA) is 81.5 Å². The number of hydrogen-bond acceptors (Lipinski definition) is 6. The summed E-state index contributed by atoms with van der Waals surface area (Å²) in [5.41, 5.74) is 3.66. The molecule has 36 heavy (non-hydrogen) atoms. The molecular formula is C29H31N3O4. The van der Waals surface area contributed by atoms with Gasteiger partial charge in [-0.1, -0.05) is 47.7 Å². The number of nitrogens with zero attached hydrogens (tertiary/aromatic N) is 2. The summed E-state index contributed by atoms with van der Waals surface area (Å²) in [4.78, 5) is 22.3. The van der Waals surface area contributed by atoms with Crippen molar-refractivity contribution < 1.29 is 19.1 Å². The summed E-state index contributed by atoms with van der Waals surface area (Å²) in [6.07, 6.45) is 29.4. The van der Waals surface area contributed by atoms with E-state index >= 15 is 0 Å². The Kier molecular flexibility index (Phi) is 10.3. The minimum Gasteiger partial charge on any atom is -0.497 e. The van der Waals surface area contributed by atoms with Crippen LogP contribution in [0.15, 0.2) is 130 Å². The van der Waals surface area contributed by atoms with E-state index in [1.165, 1.54) is 0 Å². The zero-order valence-electron chi connectivity index (χ0n) is 20.8. The molecule has 2 bridgehead atoms. The Morgan fingerprint density at radius 2 is 2.11 bits per heavy atom. The minimum atomic E-state index is -0.356. The van der Waals surface area contributed by atoms with Gasteiger partial charge in [-0.15, -0.1) is 0 Å². The third-order valence-corrected chi connectivity index (χ3v) is 5.11. The first-order valence-electron chi connectivity index (χ1n) is 11.7. The Morgan fingerprint density at radius 3 is 2.94 bits per heavy atom. The van der Waals surface area contributed by atoms with Crippen molar-refractivity contribution in [3.63, 3.8) is 0 Å². The molecule has 0 saturated heterocycles. The van der Waals surface area contributed by atoms with Gasteiger partial charge >= 0.3 is 0 Å². The zero-order valence-corrected chi connectivity index (χ0v) is 20.8. The smallest absolute Gasteiger partial charge is 0.273 e. The predicted octanol–water partition coefficient (Wildman–Crippen LogP) is 5.64. The molecule has 3 aliphatic rings. The lowest BCUT2D eigenvalue weighted by Gasteiger charge is -2.07. The molecule has 1 amide bonds. The van der Waals surface area contributed by atoms with Crippen LogP contribution >= 0.6 is 0 Å². The van der Waals surface area contributed by atoms with Crippen LogP contribution in [0.3, 0.4) is 0 Å². The highest BCUT2D eigenvalue weighted by atomic mass is 16.6. The summed E-state index contributed by atoms with van der Waals surface area (Å²) in [6.45, 7) is 3.76. The average Bonchev–Trinajstić information content (AvgIpc) is 3.34. The number of aliphatic imine (C=N–C) groups is 1. The number of ether oxygens (including phenoxy) is 2. The maximum Gasteiger partial charge on any atom is 0.273 e. The Morgan fingerprint density at radius 1 is 1.22 bits per heavy atom. The first-order chi connectivity index (χ1) is 17.6. The van der Waals surface area contributed by atoms with E-state index in [1.807, 2.05) is 61.6 Å². The summed E-state index contributed by atoms with van der Waals surface area (Å²) in [7, 11) is 1.63. The monoisotopic (exact) mass is 485 g/mol. The van der Waals surface area contributed by atoms with Crippen molar-refractivity contribution in [1.29, 1.82) is 0 Å². The van der Waals surface area contributed by atoms with Crippen LogP contribution in [0.25, 0.3) is 0 Å². The van der Waals surface area contributed by atoms with E-state index in [0.29, 0.717) is 24.5 Å². The van der Waals surface area contributed by atoms with Gasteiger partial charge in [-0.3, -0.25) is 9.79 Å². The first-order valence-corrected chi connectivity index (χ1v) is 11.7. The molecule has 0 atom stereocenters. The molecule has 0 radical (unpaired) electrons. The van der Waals surface area contributed by atoms with Crippen LogP contribution in [0.1, 0.15) is 26.7 Å². The molecule has 186 valence electrons. The van der Waals surface area contributed by atoms with Gasteiger partial charge in [0.1, 0.15) is 23.8 Å². The fraction of sp³-hybridized carbons (Fsp3) is 0.207. The average molecular weight is 486 g/mol. The largest absolute Gasteiger partial charge is 0.497 e. The molecule has 7 heteroatoms. The van der Waals surface area contributed by atoms with Crippen LogP contribution < -0.4 is 5.32 Å². The van der Waals surface area contributed by atoms with E-state index in [-0.39, 0.29) is 11.6 Å². The highest BCUT2D eigenvalue weighted by Gasteiger charge is 2.13. The van der Waals surface area contributed by atoms with Gasteiger partial charge in [-0.2, -0.15) is 0 Å². The van der Waals surface area contributed by atoms with Gasteiger partial charge in [-0.25, -0.2) is 0 Å². The van der Waals surface area contributed by atoms with Crippen LogP contribution in [0.4, 0.5) is 0 Å². The normalized spacial score (nSPS) is 17.9. The van der Waals surface area contributed by atoms with Gasteiger partial charge in [0.15, 0.2) is 0 Å². The molecule has 0 unspecified atom stereocenters. The molecule has 2 aliphatic carbocycles. The second kappa shape index (κ2) is 14.1. The lowest BCUT2D eigenvalue weighted by molar-refractivity contribution is -0.114.